The summed E-state index contributed by atoms with van der Waals surface area (Å²) in [5.74, 6) is -0.731. The smallest absolute Gasteiger partial charge is 0.320 e. The van der Waals surface area contributed by atoms with Crippen LogP contribution >= 0.6 is 0 Å². The second-order valence-corrected chi connectivity index (χ2v) is 3.81. The quantitative estimate of drug-likeness (QED) is 0.662. The number of aliphatic carboxylic acids is 1. The van der Waals surface area contributed by atoms with Gasteiger partial charge in [0, 0.05) is 6.04 Å². The molecule has 0 aromatic carbocycles. The molecule has 1 aliphatic rings. The fourth-order valence-corrected chi connectivity index (χ4v) is 1.78. The van der Waals surface area contributed by atoms with Crippen LogP contribution < -0.4 is 5.32 Å². The Morgan fingerprint density at radius 3 is 3.00 bits per heavy atom. The van der Waals surface area contributed by atoms with Gasteiger partial charge in [0.1, 0.15) is 6.04 Å². The first-order valence-corrected chi connectivity index (χ1v) is 5.39. The van der Waals surface area contributed by atoms with Crippen molar-refractivity contribution in [2.75, 3.05) is 0 Å². The van der Waals surface area contributed by atoms with Crippen LogP contribution in [0.25, 0.3) is 0 Å². The molecule has 0 saturated heterocycles. The summed E-state index contributed by atoms with van der Waals surface area (Å²) in [6.07, 6.45) is 9.18. The highest BCUT2D eigenvalue weighted by Gasteiger charge is 2.19. The molecular weight excluding hydrogens is 178 g/mol. The van der Waals surface area contributed by atoms with E-state index >= 15 is 0 Å². The van der Waals surface area contributed by atoms with Crippen molar-refractivity contribution < 1.29 is 9.90 Å². The first-order chi connectivity index (χ1) is 6.74. The Morgan fingerprint density at radius 2 is 2.50 bits per heavy atom. The van der Waals surface area contributed by atoms with Gasteiger partial charge in [-0.3, -0.25) is 10.1 Å². The van der Waals surface area contributed by atoms with E-state index in [2.05, 4.69) is 17.5 Å². The summed E-state index contributed by atoms with van der Waals surface area (Å²) < 4.78 is 0. The van der Waals surface area contributed by atoms with Crippen LogP contribution in [-0.4, -0.2) is 23.2 Å². The fraction of sp³-hybridized carbons (Fsp3) is 0.727. The number of nitrogens with one attached hydrogen (secondary N) is 1. The Labute approximate surface area is 85.2 Å². The molecule has 2 N–H and O–H groups in total. The van der Waals surface area contributed by atoms with Crippen molar-refractivity contribution in [2.24, 2.45) is 0 Å². The van der Waals surface area contributed by atoms with Gasteiger partial charge < -0.3 is 5.11 Å². The molecule has 0 amide bonds. The van der Waals surface area contributed by atoms with Crippen LogP contribution in [0.3, 0.4) is 0 Å². The topological polar surface area (TPSA) is 49.3 Å². The molecule has 1 rings (SSSR count). The number of hydrogen-bond donors (Lipinski definition) is 2. The highest BCUT2D eigenvalue weighted by Crippen LogP contribution is 2.11. The van der Waals surface area contributed by atoms with Crippen molar-refractivity contribution in [1.82, 2.24) is 5.32 Å². The summed E-state index contributed by atoms with van der Waals surface area (Å²) in [5, 5.41) is 12.1. The average molecular weight is 197 g/mol. The summed E-state index contributed by atoms with van der Waals surface area (Å²) in [5.41, 5.74) is 0. The average Bonchev–Trinajstić information content (AvgIpc) is 2.18. The van der Waals surface area contributed by atoms with Gasteiger partial charge in [0.05, 0.1) is 0 Å². The van der Waals surface area contributed by atoms with E-state index in [0.29, 0.717) is 6.42 Å². The molecule has 0 aliphatic heterocycles. The minimum atomic E-state index is -0.731. The number of rotatable bonds is 5. The van der Waals surface area contributed by atoms with Crippen LogP contribution in [0, 0.1) is 0 Å². The SMILES string of the molecule is CCCC(NC1C=CCCC1)C(=O)O. The maximum Gasteiger partial charge on any atom is 0.320 e. The third-order valence-electron chi connectivity index (χ3n) is 2.55. The van der Waals surface area contributed by atoms with Crippen LogP contribution in [-0.2, 0) is 4.79 Å². The monoisotopic (exact) mass is 197 g/mol. The Morgan fingerprint density at radius 1 is 1.71 bits per heavy atom. The van der Waals surface area contributed by atoms with Crippen molar-refractivity contribution in [1.29, 1.82) is 0 Å². The second-order valence-electron chi connectivity index (χ2n) is 3.81. The number of carboxylic acids is 1. The van der Waals surface area contributed by atoms with Gasteiger partial charge in [-0.1, -0.05) is 25.5 Å². The molecule has 1 aliphatic carbocycles. The highest BCUT2D eigenvalue weighted by atomic mass is 16.4. The van der Waals surface area contributed by atoms with E-state index in [1.165, 1.54) is 0 Å². The molecule has 0 aromatic heterocycles. The minimum Gasteiger partial charge on any atom is -0.480 e. The summed E-state index contributed by atoms with van der Waals surface area (Å²) in [7, 11) is 0. The number of hydrogen-bond acceptors (Lipinski definition) is 2. The van der Waals surface area contributed by atoms with Gasteiger partial charge in [0.25, 0.3) is 0 Å². The largest absolute Gasteiger partial charge is 0.480 e. The highest BCUT2D eigenvalue weighted by molar-refractivity contribution is 5.73. The van der Waals surface area contributed by atoms with Gasteiger partial charge in [-0.05, 0) is 25.7 Å². The second kappa shape index (κ2) is 5.81. The molecule has 0 radical (unpaired) electrons. The Kier molecular flexibility index (Phi) is 4.66. The third-order valence-corrected chi connectivity index (χ3v) is 2.55. The van der Waals surface area contributed by atoms with Gasteiger partial charge >= 0.3 is 5.97 Å². The molecular formula is C11H19NO2. The first kappa shape index (κ1) is 11.2. The first-order valence-electron chi connectivity index (χ1n) is 5.39. The molecule has 0 aromatic rings. The zero-order valence-corrected chi connectivity index (χ0v) is 8.70. The minimum absolute atomic E-state index is 0.261. The summed E-state index contributed by atoms with van der Waals surface area (Å²) in [6.45, 7) is 2.01. The standard InChI is InChI=1S/C11H19NO2/c1-2-6-10(11(13)14)12-9-7-4-3-5-8-9/h4,7,9-10,12H,2-3,5-6,8H2,1H3,(H,13,14). The van der Waals surface area contributed by atoms with Gasteiger partial charge in [0.15, 0.2) is 0 Å². The summed E-state index contributed by atoms with van der Waals surface area (Å²) in [4.78, 5) is 10.9. The van der Waals surface area contributed by atoms with E-state index in [4.69, 9.17) is 5.11 Å². The van der Waals surface area contributed by atoms with Gasteiger partial charge in [-0.15, -0.1) is 0 Å². The van der Waals surface area contributed by atoms with Crippen molar-refractivity contribution in [3.63, 3.8) is 0 Å². The summed E-state index contributed by atoms with van der Waals surface area (Å²) in [6, 6.07) is -0.121. The molecule has 14 heavy (non-hydrogen) atoms. The zero-order chi connectivity index (χ0) is 10.4. The van der Waals surface area contributed by atoms with E-state index in [0.717, 1.165) is 25.7 Å². The van der Waals surface area contributed by atoms with Crippen molar-refractivity contribution >= 4 is 5.97 Å². The number of carboxylic acid groups (broad SMARTS) is 1. The molecule has 0 bridgehead atoms. The molecule has 0 saturated carbocycles. The van der Waals surface area contributed by atoms with Crippen molar-refractivity contribution in [3.05, 3.63) is 12.2 Å². The van der Waals surface area contributed by atoms with Gasteiger partial charge in [0.2, 0.25) is 0 Å². The maximum atomic E-state index is 10.9. The Bertz CT molecular complexity index is 213. The lowest BCUT2D eigenvalue weighted by Crippen LogP contribution is -2.42. The Balaban J connectivity index is 2.41. The van der Waals surface area contributed by atoms with E-state index in [1.54, 1.807) is 0 Å². The van der Waals surface area contributed by atoms with E-state index in [1.807, 2.05) is 6.92 Å². The Hall–Kier alpha value is -0.830. The van der Waals surface area contributed by atoms with Crippen LogP contribution in [0.2, 0.25) is 0 Å². The zero-order valence-electron chi connectivity index (χ0n) is 8.70. The lowest BCUT2D eigenvalue weighted by Gasteiger charge is -2.22. The van der Waals surface area contributed by atoms with Crippen molar-refractivity contribution in [3.8, 4) is 0 Å². The molecule has 3 heteroatoms. The van der Waals surface area contributed by atoms with E-state index in [-0.39, 0.29) is 12.1 Å². The molecule has 3 nitrogen and oxygen atoms in total. The predicted molar refractivity (Wildman–Crippen MR) is 56.2 cm³/mol. The van der Waals surface area contributed by atoms with Crippen molar-refractivity contribution in [2.45, 2.75) is 51.1 Å². The van der Waals surface area contributed by atoms with Crippen LogP contribution in [0.4, 0.5) is 0 Å². The van der Waals surface area contributed by atoms with Gasteiger partial charge in [-0.2, -0.15) is 0 Å². The number of allylic oxidation sites excluding steroid dienone is 1. The van der Waals surface area contributed by atoms with Gasteiger partial charge in [-0.25, -0.2) is 0 Å². The summed E-state index contributed by atoms with van der Waals surface area (Å²) >= 11 is 0. The molecule has 80 valence electrons. The fourth-order valence-electron chi connectivity index (χ4n) is 1.78. The molecule has 0 spiro atoms. The predicted octanol–water partition coefficient (Wildman–Crippen LogP) is 1.94. The number of carbonyl (C=O) groups is 1. The maximum absolute atomic E-state index is 10.9. The van der Waals surface area contributed by atoms with E-state index < -0.39 is 5.97 Å². The van der Waals surface area contributed by atoms with Crippen LogP contribution in [0.5, 0.6) is 0 Å². The van der Waals surface area contributed by atoms with Crippen LogP contribution in [0.15, 0.2) is 12.2 Å². The third kappa shape index (κ3) is 3.50. The lowest BCUT2D eigenvalue weighted by molar-refractivity contribution is -0.139. The molecule has 2 atom stereocenters. The molecule has 0 heterocycles. The van der Waals surface area contributed by atoms with E-state index in [9.17, 15) is 4.79 Å². The molecule has 0 fully saturated rings. The normalized spacial score (nSPS) is 23.4. The van der Waals surface area contributed by atoms with Crippen LogP contribution in [0.1, 0.15) is 39.0 Å². The lowest BCUT2D eigenvalue weighted by atomic mass is 10.0. The molecule has 2 unspecified atom stereocenters.